The summed E-state index contributed by atoms with van der Waals surface area (Å²) in [6.07, 6.45) is 2.00. The molecule has 6 heteroatoms. The number of aromatic nitrogens is 2. The fraction of sp³-hybridized carbons (Fsp3) is 0.500. The summed E-state index contributed by atoms with van der Waals surface area (Å²) in [5, 5.41) is 4.46. The van der Waals surface area contributed by atoms with Gasteiger partial charge < -0.3 is 4.90 Å². The molecule has 1 aliphatic rings. The molecule has 0 bridgehead atoms. The van der Waals surface area contributed by atoms with E-state index < -0.39 is 6.04 Å². The van der Waals surface area contributed by atoms with Gasteiger partial charge in [0.15, 0.2) is 0 Å². The normalized spacial score (nSPS) is 15.3. The summed E-state index contributed by atoms with van der Waals surface area (Å²) in [6, 6.07) is 6.14. The number of likely N-dealkylation sites (N-methyl/N-ethyl adjacent to an activating group) is 1. The van der Waals surface area contributed by atoms with Crippen molar-refractivity contribution >= 4 is 5.91 Å². The molecule has 0 saturated heterocycles. The van der Waals surface area contributed by atoms with E-state index in [0.717, 1.165) is 29.8 Å². The van der Waals surface area contributed by atoms with Gasteiger partial charge in [-0.05, 0) is 46.9 Å². The van der Waals surface area contributed by atoms with Crippen LogP contribution in [0.15, 0.2) is 24.3 Å². The third-order valence-corrected chi connectivity index (χ3v) is 5.21. The van der Waals surface area contributed by atoms with Crippen molar-refractivity contribution in [3.63, 3.8) is 0 Å². The Labute approximate surface area is 154 Å². The Hall–Kier alpha value is -2.21. The predicted octanol–water partition coefficient (Wildman–Crippen LogP) is 2.97. The zero-order valence-electron chi connectivity index (χ0n) is 16.2. The monoisotopic (exact) mass is 358 g/mol. The number of rotatable bonds is 6. The van der Waals surface area contributed by atoms with Gasteiger partial charge in [-0.15, -0.1) is 0 Å². The van der Waals surface area contributed by atoms with E-state index in [0.29, 0.717) is 12.1 Å². The van der Waals surface area contributed by atoms with Crippen molar-refractivity contribution in [3.05, 3.63) is 52.6 Å². The molecule has 0 unspecified atom stereocenters. The average Bonchev–Trinajstić information content (AvgIpc) is 3.37. The second-order valence-corrected chi connectivity index (χ2v) is 7.36. The van der Waals surface area contributed by atoms with Crippen molar-refractivity contribution in [3.8, 4) is 0 Å². The third-order valence-electron chi connectivity index (χ3n) is 5.21. The topological polar surface area (TPSA) is 41.4 Å². The number of amides is 1. The van der Waals surface area contributed by atoms with Gasteiger partial charge in [0.05, 0.1) is 5.69 Å². The summed E-state index contributed by atoms with van der Waals surface area (Å²) in [5.74, 6) is -0.394. The number of carbonyl (C=O) groups excluding carboxylic acids is 1. The fourth-order valence-electron chi connectivity index (χ4n) is 3.48. The largest absolute Gasteiger partial charge is 0.334 e. The van der Waals surface area contributed by atoms with E-state index in [9.17, 15) is 9.18 Å². The van der Waals surface area contributed by atoms with Crippen LogP contribution in [0.3, 0.4) is 0 Å². The minimum absolute atomic E-state index is 0.0507. The third kappa shape index (κ3) is 3.51. The van der Waals surface area contributed by atoms with E-state index in [2.05, 4.69) is 5.10 Å². The molecule has 3 rings (SSSR count). The Balaban J connectivity index is 1.94. The van der Waals surface area contributed by atoms with Crippen LogP contribution in [0.4, 0.5) is 4.39 Å². The highest BCUT2D eigenvalue weighted by Crippen LogP contribution is 2.34. The van der Waals surface area contributed by atoms with E-state index in [1.165, 1.54) is 6.07 Å². The first-order valence-corrected chi connectivity index (χ1v) is 9.01. The molecule has 2 aromatic rings. The van der Waals surface area contributed by atoms with Gasteiger partial charge in [0.1, 0.15) is 11.9 Å². The van der Waals surface area contributed by atoms with Crippen LogP contribution in [-0.4, -0.2) is 45.6 Å². The lowest BCUT2D eigenvalue weighted by Crippen LogP contribution is -2.42. The minimum Gasteiger partial charge on any atom is -0.334 e. The van der Waals surface area contributed by atoms with Crippen molar-refractivity contribution in [1.82, 2.24) is 19.6 Å². The summed E-state index contributed by atoms with van der Waals surface area (Å²) in [4.78, 5) is 17.1. The number of hydrogen-bond donors (Lipinski definition) is 0. The summed E-state index contributed by atoms with van der Waals surface area (Å²) >= 11 is 0. The standard InChI is InChI=1S/C20H27FN4O/c1-13-17(14(2)24(5)22-13)12-25(15-10-11-15)20(26)19(23(3)4)16-8-6-7-9-18(16)21/h6-9,15,19H,10-12H2,1-5H3/t19-/m0/s1. The molecular weight excluding hydrogens is 331 g/mol. The smallest absolute Gasteiger partial charge is 0.245 e. The molecule has 1 amide bonds. The van der Waals surface area contributed by atoms with Crippen LogP contribution in [0.25, 0.3) is 0 Å². The molecule has 0 aliphatic heterocycles. The lowest BCUT2D eigenvalue weighted by atomic mass is 10.0. The molecule has 1 atom stereocenters. The molecule has 0 N–H and O–H groups in total. The van der Waals surface area contributed by atoms with E-state index in [1.807, 2.05) is 44.6 Å². The highest BCUT2D eigenvalue weighted by molar-refractivity contribution is 5.84. The SMILES string of the molecule is Cc1nn(C)c(C)c1CN(C(=O)[C@H](c1ccccc1F)N(C)C)C1CC1. The zero-order valence-corrected chi connectivity index (χ0v) is 16.2. The summed E-state index contributed by atoms with van der Waals surface area (Å²) in [6.45, 7) is 4.51. The molecule has 1 aromatic heterocycles. The predicted molar refractivity (Wildman–Crippen MR) is 99.1 cm³/mol. The van der Waals surface area contributed by atoms with Crippen molar-refractivity contribution in [2.75, 3.05) is 14.1 Å². The van der Waals surface area contributed by atoms with Crippen LogP contribution in [0.2, 0.25) is 0 Å². The van der Waals surface area contributed by atoms with Crippen LogP contribution in [-0.2, 0) is 18.4 Å². The first kappa shape index (κ1) is 18.6. The van der Waals surface area contributed by atoms with Crippen molar-refractivity contribution in [2.45, 2.75) is 45.3 Å². The average molecular weight is 358 g/mol. The Morgan fingerprint density at radius 2 is 1.96 bits per heavy atom. The first-order valence-electron chi connectivity index (χ1n) is 9.01. The quantitative estimate of drug-likeness (QED) is 0.797. The maximum absolute atomic E-state index is 14.4. The number of benzene rings is 1. The van der Waals surface area contributed by atoms with Gasteiger partial charge >= 0.3 is 0 Å². The van der Waals surface area contributed by atoms with E-state index in [1.54, 1.807) is 23.1 Å². The summed E-state index contributed by atoms with van der Waals surface area (Å²) in [5.41, 5.74) is 3.51. The van der Waals surface area contributed by atoms with Crippen LogP contribution < -0.4 is 0 Å². The van der Waals surface area contributed by atoms with Gasteiger partial charge in [-0.2, -0.15) is 5.10 Å². The first-order chi connectivity index (χ1) is 12.3. The van der Waals surface area contributed by atoms with Crippen LogP contribution >= 0.6 is 0 Å². The molecule has 0 radical (unpaired) electrons. The van der Waals surface area contributed by atoms with Crippen molar-refractivity contribution in [1.29, 1.82) is 0 Å². The van der Waals surface area contributed by atoms with Gasteiger partial charge in [0.25, 0.3) is 0 Å². The molecule has 140 valence electrons. The second-order valence-electron chi connectivity index (χ2n) is 7.36. The molecule has 1 heterocycles. The zero-order chi connectivity index (χ0) is 19.0. The second kappa shape index (κ2) is 7.19. The van der Waals surface area contributed by atoms with E-state index in [4.69, 9.17) is 0 Å². The molecule has 1 fully saturated rings. The Bertz CT molecular complexity index is 810. The Morgan fingerprint density at radius 1 is 1.31 bits per heavy atom. The maximum Gasteiger partial charge on any atom is 0.245 e. The molecule has 1 aliphatic carbocycles. The summed E-state index contributed by atoms with van der Waals surface area (Å²) < 4.78 is 16.2. The minimum atomic E-state index is -0.630. The molecule has 26 heavy (non-hydrogen) atoms. The lowest BCUT2D eigenvalue weighted by molar-refractivity contribution is -0.137. The van der Waals surface area contributed by atoms with Crippen LogP contribution in [0.5, 0.6) is 0 Å². The fourth-order valence-corrected chi connectivity index (χ4v) is 3.48. The van der Waals surface area contributed by atoms with Gasteiger partial charge in [-0.25, -0.2) is 4.39 Å². The van der Waals surface area contributed by atoms with Crippen LogP contribution in [0, 0.1) is 19.7 Å². The number of carbonyl (C=O) groups is 1. The summed E-state index contributed by atoms with van der Waals surface area (Å²) in [7, 11) is 5.55. The lowest BCUT2D eigenvalue weighted by Gasteiger charge is -2.31. The van der Waals surface area contributed by atoms with Crippen LogP contribution in [0.1, 0.15) is 41.4 Å². The Kier molecular flexibility index (Phi) is 5.14. The molecule has 0 spiro atoms. The van der Waals surface area contributed by atoms with Gasteiger partial charge in [0.2, 0.25) is 5.91 Å². The Morgan fingerprint density at radius 3 is 2.46 bits per heavy atom. The highest BCUT2D eigenvalue weighted by atomic mass is 19.1. The number of halogens is 1. The molecule has 1 saturated carbocycles. The van der Waals surface area contributed by atoms with E-state index in [-0.39, 0.29) is 17.8 Å². The van der Waals surface area contributed by atoms with Gasteiger partial charge in [-0.1, -0.05) is 18.2 Å². The van der Waals surface area contributed by atoms with Crippen molar-refractivity contribution in [2.24, 2.45) is 7.05 Å². The number of hydrogen-bond acceptors (Lipinski definition) is 3. The number of aryl methyl sites for hydroxylation is 2. The number of nitrogens with zero attached hydrogens (tertiary/aromatic N) is 4. The highest BCUT2D eigenvalue weighted by Gasteiger charge is 2.38. The maximum atomic E-state index is 14.4. The molecule has 5 nitrogen and oxygen atoms in total. The van der Waals surface area contributed by atoms with E-state index >= 15 is 0 Å². The molecule has 1 aromatic carbocycles. The van der Waals surface area contributed by atoms with Crippen molar-refractivity contribution < 1.29 is 9.18 Å². The van der Waals surface area contributed by atoms with Gasteiger partial charge in [0, 0.05) is 36.5 Å². The molecular formula is C20H27FN4O. The van der Waals surface area contributed by atoms with Gasteiger partial charge in [-0.3, -0.25) is 14.4 Å².